The summed E-state index contributed by atoms with van der Waals surface area (Å²) in [6, 6.07) is 16.0. The molecule has 32 heavy (non-hydrogen) atoms. The molecule has 1 aromatic heterocycles. The van der Waals surface area contributed by atoms with E-state index in [9.17, 15) is 22.0 Å². The number of carbonyl (C=O) groups excluding carboxylic acids is 1. The first-order valence-corrected chi connectivity index (χ1v) is 11.2. The van der Waals surface area contributed by atoms with Crippen LogP contribution in [0.5, 0.6) is 0 Å². The van der Waals surface area contributed by atoms with Gasteiger partial charge in [0, 0.05) is 34.9 Å². The minimum absolute atomic E-state index is 0.185. The van der Waals surface area contributed by atoms with Crippen LogP contribution < -0.4 is 10.0 Å². The number of rotatable bonds is 7. The largest absolute Gasteiger partial charge is 0.361 e. The van der Waals surface area contributed by atoms with Crippen LogP contribution in [0.15, 0.2) is 77.8 Å². The van der Waals surface area contributed by atoms with Gasteiger partial charge in [-0.15, -0.1) is 0 Å². The molecule has 9 heteroatoms. The summed E-state index contributed by atoms with van der Waals surface area (Å²) in [6.45, 7) is 0.436. The van der Waals surface area contributed by atoms with E-state index in [4.69, 9.17) is 0 Å². The van der Waals surface area contributed by atoms with Crippen LogP contribution in [0.2, 0.25) is 0 Å². The van der Waals surface area contributed by atoms with Crippen LogP contribution in [-0.2, 0) is 16.4 Å². The van der Waals surface area contributed by atoms with Gasteiger partial charge in [-0.25, -0.2) is 17.2 Å². The van der Waals surface area contributed by atoms with E-state index >= 15 is 0 Å². The summed E-state index contributed by atoms with van der Waals surface area (Å²) >= 11 is 0. The maximum absolute atomic E-state index is 13.3. The molecular formula is C23H19F2N3O3S. The highest BCUT2D eigenvalue weighted by Crippen LogP contribution is 2.20. The van der Waals surface area contributed by atoms with Crippen LogP contribution in [0.1, 0.15) is 15.9 Å². The van der Waals surface area contributed by atoms with Crippen LogP contribution in [0.25, 0.3) is 10.9 Å². The zero-order chi connectivity index (χ0) is 22.7. The molecule has 0 fully saturated rings. The molecule has 1 amide bonds. The molecule has 0 bridgehead atoms. The van der Waals surface area contributed by atoms with E-state index in [1.165, 1.54) is 24.3 Å². The molecule has 0 unspecified atom stereocenters. The van der Waals surface area contributed by atoms with Gasteiger partial charge in [0.15, 0.2) is 11.6 Å². The molecule has 4 rings (SSSR count). The van der Waals surface area contributed by atoms with E-state index in [1.54, 1.807) is 0 Å². The monoisotopic (exact) mass is 455 g/mol. The Morgan fingerprint density at radius 3 is 2.44 bits per heavy atom. The van der Waals surface area contributed by atoms with Gasteiger partial charge in [0.25, 0.3) is 15.9 Å². The van der Waals surface area contributed by atoms with E-state index in [0.717, 1.165) is 28.6 Å². The first kappa shape index (κ1) is 21.5. The Labute approximate surface area is 183 Å². The Hall–Kier alpha value is -3.72. The standard InChI is InChI=1S/C23H19F2N3O3S/c24-20-10-9-18(13-21(20)25)32(30,31)28-17-7-5-15(6-8-17)23(29)26-12-11-16-14-27-22-4-2-1-3-19(16)22/h1-10,13-14,27-28H,11-12H2,(H,26,29). The van der Waals surface area contributed by atoms with Gasteiger partial charge in [-0.05, 0) is 60.5 Å². The van der Waals surface area contributed by atoms with Crippen molar-refractivity contribution in [2.24, 2.45) is 0 Å². The fourth-order valence-electron chi connectivity index (χ4n) is 3.30. The number of aromatic amines is 1. The van der Waals surface area contributed by atoms with E-state index < -0.39 is 26.6 Å². The molecule has 0 radical (unpaired) electrons. The third-order valence-corrected chi connectivity index (χ3v) is 6.33. The second-order valence-electron chi connectivity index (χ2n) is 7.12. The highest BCUT2D eigenvalue weighted by atomic mass is 32.2. The molecule has 164 valence electrons. The number of nitrogens with one attached hydrogen (secondary N) is 3. The Morgan fingerprint density at radius 2 is 1.69 bits per heavy atom. The van der Waals surface area contributed by atoms with Crippen molar-refractivity contribution >= 4 is 32.5 Å². The predicted molar refractivity (Wildman–Crippen MR) is 118 cm³/mol. The minimum atomic E-state index is -4.10. The molecule has 1 heterocycles. The molecular weight excluding hydrogens is 436 g/mol. The van der Waals surface area contributed by atoms with Crippen LogP contribution in [-0.4, -0.2) is 25.9 Å². The molecule has 0 saturated carbocycles. The zero-order valence-corrected chi connectivity index (χ0v) is 17.5. The summed E-state index contributed by atoms with van der Waals surface area (Å²) in [4.78, 5) is 15.2. The quantitative estimate of drug-likeness (QED) is 0.390. The predicted octanol–water partition coefficient (Wildman–Crippen LogP) is 4.22. The van der Waals surface area contributed by atoms with Gasteiger partial charge in [0.2, 0.25) is 0 Å². The number of amides is 1. The number of halogens is 2. The number of hydrogen-bond donors (Lipinski definition) is 3. The van der Waals surface area contributed by atoms with Crippen LogP contribution in [0, 0.1) is 11.6 Å². The highest BCUT2D eigenvalue weighted by molar-refractivity contribution is 7.92. The minimum Gasteiger partial charge on any atom is -0.361 e. The molecule has 0 aliphatic heterocycles. The van der Waals surface area contributed by atoms with Crippen molar-refractivity contribution < 1.29 is 22.0 Å². The lowest BCUT2D eigenvalue weighted by Crippen LogP contribution is -2.25. The van der Waals surface area contributed by atoms with Crippen molar-refractivity contribution in [2.75, 3.05) is 11.3 Å². The van der Waals surface area contributed by atoms with Crippen molar-refractivity contribution in [2.45, 2.75) is 11.3 Å². The smallest absolute Gasteiger partial charge is 0.261 e. The molecule has 0 aliphatic rings. The SMILES string of the molecule is O=C(NCCc1c[nH]c2ccccc12)c1ccc(NS(=O)(=O)c2ccc(F)c(F)c2)cc1. The van der Waals surface area contributed by atoms with Gasteiger partial charge in [-0.2, -0.15) is 0 Å². The van der Waals surface area contributed by atoms with Gasteiger partial charge in [-0.3, -0.25) is 9.52 Å². The number of H-pyrrole nitrogens is 1. The number of aromatic nitrogens is 1. The molecule has 3 N–H and O–H groups in total. The summed E-state index contributed by atoms with van der Waals surface area (Å²) in [5.41, 5.74) is 2.68. The third-order valence-electron chi connectivity index (χ3n) is 4.96. The maximum Gasteiger partial charge on any atom is 0.261 e. The van der Waals surface area contributed by atoms with Gasteiger partial charge < -0.3 is 10.3 Å². The summed E-state index contributed by atoms with van der Waals surface area (Å²) in [5.74, 6) is -2.68. The summed E-state index contributed by atoms with van der Waals surface area (Å²) in [5, 5.41) is 3.95. The Balaban J connectivity index is 1.36. The lowest BCUT2D eigenvalue weighted by Gasteiger charge is -2.09. The number of fused-ring (bicyclic) bond motifs is 1. The van der Waals surface area contributed by atoms with Crippen molar-refractivity contribution in [3.8, 4) is 0 Å². The fourth-order valence-corrected chi connectivity index (χ4v) is 4.37. The van der Waals surface area contributed by atoms with Gasteiger partial charge in [0.1, 0.15) is 0 Å². The third kappa shape index (κ3) is 4.62. The summed E-state index contributed by atoms with van der Waals surface area (Å²) in [6.07, 6.45) is 2.58. The van der Waals surface area contributed by atoms with Crippen LogP contribution in [0.4, 0.5) is 14.5 Å². The van der Waals surface area contributed by atoms with E-state index in [-0.39, 0.29) is 11.6 Å². The lowest BCUT2D eigenvalue weighted by atomic mass is 10.1. The average molecular weight is 455 g/mol. The lowest BCUT2D eigenvalue weighted by molar-refractivity contribution is 0.0954. The molecule has 3 aromatic carbocycles. The first-order valence-electron chi connectivity index (χ1n) is 9.74. The molecule has 4 aromatic rings. The summed E-state index contributed by atoms with van der Waals surface area (Å²) in [7, 11) is -4.10. The van der Waals surface area contributed by atoms with Crippen molar-refractivity contribution in [1.29, 1.82) is 0 Å². The molecule has 0 spiro atoms. The van der Waals surface area contributed by atoms with Gasteiger partial charge in [0.05, 0.1) is 4.90 Å². The van der Waals surface area contributed by atoms with E-state index in [1.807, 2.05) is 30.5 Å². The maximum atomic E-state index is 13.3. The number of benzene rings is 3. The number of sulfonamides is 1. The first-order chi connectivity index (χ1) is 15.3. The highest BCUT2D eigenvalue weighted by Gasteiger charge is 2.17. The van der Waals surface area contributed by atoms with Gasteiger partial charge >= 0.3 is 0 Å². The number of carbonyl (C=O) groups is 1. The second-order valence-corrected chi connectivity index (χ2v) is 8.81. The van der Waals surface area contributed by atoms with Gasteiger partial charge in [-0.1, -0.05) is 18.2 Å². The Morgan fingerprint density at radius 1 is 0.938 bits per heavy atom. The van der Waals surface area contributed by atoms with E-state index in [0.29, 0.717) is 24.6 Å². The number of hydrogen-bond acceptors (Lipinski definition) is 3. The molecule has 0 atom stereocenters. The van der Waals surface area contributed by atoms with E-state index in [2.05, 4.69) is 15.0 Å². The Bertz CT molecular complexity index is 1380. The molecule has 0 saturated heterocycles. The van der Waals surface area contributed by atoms with Crippen molar-refractivity contribution in [1.82, 2.24) is 10.3 Å². The number of para-hydroxylation sites is 1. The van der Waals surface area contributed by atoms with Crippen molar-refractivity contribution in [3.05, 3.63) is 95.7 Å². The summed E-state index contributed by atoms with van der Waals surface area (Å²) < 4.78 is 53.4. The topological polar surface area (TPSA) is 91.1 Å². The molecule has 0 aliphatic carbocycles. The number of anilines is 1. The normalized spacial score (nSPS) is 11.4. The average Bonchev–Trinajstić information content (AvgIpc) is 3.19. The zero-order valence-electron chi connectivity index (χ0n) is 16.7. The fraction of sp³-hybridized carbons (Fsp3) is 0.0870. The Kier molecular flexibility index (Phi) is 5.91. The van der Waals surface area contributed by atoms with Crippen LogP contribution in [0.3, 0.4) is 0 Å². The second kappa shape index (κ2) is 8.80. The van der Waals surface area contributed by atoms with Crippen LogP contribution >= 0.6 is 0 Å². The van der Waals surface area contributed by atoms with Crippen molar-refractivity contribution in [3.63, 3.8) is 0 Å². The molecule has 6 nitrogen and oxygen atoms in total.